The Balaban J connectivity index is 1.69. The maximum atomic E-state index is 13.0. The molecule has 156 valence electrons. The summed E-state index contributed by atoms with van der Waals surface area (Å²) < 4.78 is 10.2. The second-order valence-corrected chi connectivity index (χ2v) is 6.82. The maximum Gasteiger partial charge on any atom is 0.337 e. The fourth-order valence-electron chi connectivity index (χ4n) is 3.16. The lowest BCUT2D eigenvalue weighted by atomic mass is 9.90. The molecule has 0 aliphatic carbocycles. The number of nitrogens with two attached hydrogens (primary N) is 1. The topological polar surface area (TPSA) is 128 Å². The number of nitrogens with zero attached hydrogens (tertiary/aromatic N) is 1. The quantitative estimate of drug-likeness (QED) is 0.524. The Labute approximate surface area is 172 Å². The number of esters is 1. The van der Waals surface area contributed by atoms with Gasteiger partial charge in [-0.2, -0.15) is 0 Å². The fourth-order valence-corrected chi connectivity index (χ4v) is 3.16. The van der Waals surface area contributed by atoms with E-state index in [0.29, 0.717) is 16.9 Å². The first-order valence-corrected chi connectivity index (χ1v) is 9.12. The zero-order valence-corrected chi connectivity index (χ0v) is 16.5. The van der Waals surface area contributed by atoms with E-state index in [-0.39, 0.29) is 18.7 Å². The number of carbonyl (C=O) groups is 4. The molecular formula is C21H21N3O6. The number of amides is 4. The molecule has 0 bridgehead atoms. The van der Waals surface area contributed by atoms with E-state index in [9.17, 15) is 19.2 Å². The van der Waals surface area contributed by atoms with Crippen LogP contribution >= 0.6 is 0 Å². The van der Waals surface area contributed by atoms with Crippen LogP contribution in [0.5, 0.6) is 5.75 Å². The van der Waals surface area contributed by atoms with Gasteiger partial charge in [-0.05, 0) is 42.8 Å². The minimum atomic E-state index is -1.33. The number of primary amides is 1. The number of rotatable bonds is 7. The zero-order valence-electron chi connectivity index (χ0n) is 16.5. The van der Waals surface area contributed by atoms with Gasteiger partial charge < -0.3 is 20.5 Å². The molecule has 1 fully saturated rings. The first kappa shape index (κ1) is 20.8. The highest BCUT2D eigenvalue weighted by Gasteiger charge is 2.48. The van der Waals surface area contributed by atoms with E-state index in [4.69, 9.17) is 10.5 Å². The van der Waals surface area contributed by atoms with Gasteiger partial charge in [-0.25, -0.2) is 9.59 Å². The van der Waals surface area contributed by atoms with Crippen LogP contribution in [0.3, 0.4) is 0 Å². The normalized spacial score (nSPS) is 18.1. The molecule has 0 radical (unpaired) electrons. The third-order valence-corrected chi connectivity index (χ3v) is 4.84. The van der Waals surface area contributed by atoms with Crippen LogP contribution in [0, 0.1) is 0 Å². The maximum absolute atomic E-state index is 13.0. The van der Waals surface area contributed by atoms with Gasteiger partial charge in [-0.15, -0.1) is 0 Å². The predicted molar refractivity (Wildman–Crippen MR) is 106 cm³/mol. The van der Waals surface area contributed by atoms with Crippen molar-refractivity contribution in [3.63, 3.8) is 0 Å². The Hall–Kier alpha value is -3.88. The zero-order chi connectivity index (χ0) is 21.9. The molecule has 0 spiro atoms. The van der Waals surface area contributed by atoms with Crippen LogP contribution in [-0.4, -0.2) is 49.0 Å². The number of benzene rings is 2. The Morgan fingerprint density at radius 2 is 1.80 bits per heavy atom. The molecule has 9 nitrogen and oxygen atoms in total. The molecule has 1 aliphatic heterocycles. The molecule has 0 saturated carbocycles. The monoisotopic (exact) mass is 411 g/mol. The van der Waals surface area contributed by atoms with Crippen LogP contribution in [0.2, 0.25) is 0 Å². The SMILES string of the molecule is COC(=O)c1cccc(OCCN2C(=O)N[C@@](C)(c3cccc(C(N)=O)c3)C2=O)c1. The van der Waals surface area contributed by atoms with Crippen LogP contribution in [-0.2, 0) is 15.1 Å². The van der Waals surface area contributed by atoms with E-state index >= 15 is 0 Å². The van der Waals surface area contributed by atoms with E-state index in [2.05, 4.69) is 10.1 Å². The molecule has 1 heterocycles. The molecule has 9 heteroatoms. The Bertz CT molecular complexity index is 1020. The number of hydrogen-bond donors (Lipinski definition) is 2. The highest BCUT2D eigenvalue weighted by atomic mass is 16.5. The van der Waals surface area contributed by atoms with Crippen molar-refractivity contribution < 1.29 is 28.7 Å². The van der Waals surface area contributed by atoms with Gasteiger partial charge in [0.1, 0.15) is 17.9 Å². The number of hydrogen-bond acceptors (Lipinski definition) is 6. The van der Waals surface area contributed by atoms with Gasteiger partial charge in [0.2, 0.25) is 5.91 Å². The molecule has 0 aromatic heterocycles. The molecule has 4 amide bonds. The smallest absolute Gasteiger partial charge is 0.337 e. The molecule has 2 aromatic carbocycles. The van der Waals surface area contributed by atoms with Gasteiger partial charge in [0.25, 0.3) is 5.91 Å². The summed E-state index contributed by atoms with van der Waals surface area (Å²) in [6, 6.07) is 12.1. The van der Waals surface area contributed by atoms with Gasteiger partial charge in [-0.1, -0.05) is 18.2 Å². The molecule has 0 unspecified atom stereocenters. The summed E-state index contributed by atoms with van der Waals surface area (Å²) in [5, 5.41) is 2.66. The van der Waals surface area contributed by atoms with Crippen molar-refractivity contribution in [2.24, 2.45) is 5.73 Å². The van der Waals surface area contributed by atoms with Crippen LogP contribution in [0.25, 0.3) is 0 Å². The molecule has 1 aliphatic rings. The summed E-state index contributed by atoms with van der Waals surface area (Å²) in [5.74, 6) is -1.19. The highest BCUT2D eigenvalue weighted by Crippen LogP contribution is 2.29. The summed E-state index contributed by atoms with van der Waals surface area (Å²) in [7, 11) is 1.28. The van der Waals surface area contributed by atoms with Crippen molar-refractivity contribution >= 4 is 23.8 Å². The number of imide groups is 1. The second kappa shape index (κ2) is 8.24. The fraction of sp³-hybridized carbons (Fsp3) is 0.238. The van der Waals surface area contributed by atoms with Crippen molar-refractivity contribution in [1.82, 2.24) is 10.2 Å². The van der Waals surface area contributed by atoms with Gasteiger partial charge in [-0.3, -0.25) is 14.5 Å². The average Bonchev–Trinajstić information content (AvgIpc) is 2.97. The first-order chi connectivity index (χ1) is 14.3. The van der Waals surface area contributed by atoms with Crippen LogP contribution in [0.4, 0.5) is 4.79 Å². The minimum absolute atomic E-state index is 0.00177. The highest BCUT2D eigenvalue weighted by molar-refractivity contribution is 6.07. The van der Waals surface area contributed by atoms with Gasteiger partial charge in [0.05, 0.1) is 19.2 Å². The van der Waals surface area contributed by atoms with E-state index in [1.807, 2.05) is 0 Å². The summed E-state index contributed by atoms with van der Waals surface area (Å²) in [6.07, 6.45) is 0. The van der Waals surface area contributed by atoms with E-state index in [0.717, 1.165) is 4.90 Å². The van der Waals surface area contributed by atoms with Crippen LogP contribution < -0.4 is 15.8 Å². The lowest BCUT2D eigenvalue weighted by molar-refractivity contribution is -0.131. The Morgan fingerprint density at radius 3 is 2.50 bits per heavy atom. The molecular weight excluding hydrogens is 390 g/mol. The number of urea groups is 1. The first-order valence-electron chi connectivity index (χ1n) is 9.12. The van der Waals surface area contributed by atoms with Crippen LogP contribution in [0.1, 0.15) is 33.2 Å². The van der Waals surface area contributed by atoms with Gasteiger partial charge >= 0.3 is 12.0 Å². The van der Waals surface area contributed by atoms with Gasteiger partial charge in [0, 0.05) is 5.56 Å². The Kier molecular flexibility index (Phi) is 5.72. The molecule has 1 saturated heterocycles. The Morgan fingerprint density at radius 1 is 1.10 bits per heavy atom. The molecule has 1 atom stereocenters. The summed E-state index contributed by atoms with van der Waals surface area (Å²) >= 11 is 0. The van der Waals surface area contributed by atoms with E-state index in [1.165, 1.54) is 25.3 Å². The predicted octanol–water partition coefficient (Wildman–Crippen LogP) is 1.42. The number of nitrogens with one attached hydrogen (secondary N) is 1. The van der Waals surface area contributed by atoms with Crippen molar-refractivity contribution in [3.8, 4) is 5.75 Å². The molecule has 30 heavy (non-hydrogen) atoms. The van der Waals surface area contributed by atoms with Crippen molar-refractivity contribution in [1.29, 1.82) is 0 Å². The van der Waals surface area contributed by atoms with Crippen molar-refractivity contribution in [2.45, 2.75) is 12.5 Å². The van der Waals surface area contributed by atoms with E-state index < -0.39 is 29.4 Å². The summed E-state index contributed by atoms with van der Waals surface area (Å²) in [5.41, 5.74) is 4.99. The third-order valence-electron chi connectivity index (χ3n) is 4.84. The minimum Gasteiger partial charge on any atom is -0.492 e. The average molecular weight is 411 g/mol. The molecule has 3 rings (SSSR count). The molecule has 3 N–H and O–H groups in total. The lowest BCUT2D eigenvalue weighted by Crippen LogP contribution is -2.41. The van der Waals surface area contributed by atoms with Gasteiger partial charge in [0.15, 0.2) is 0 Å². The third kappa shape index (κ3) is 3.95. The van der Waals surface area contributed by atoms with Crippen LogP contribution in [0.15, 0.2) is 48.5 Å². The number of methoxy groups -OCH3 is 1. The van der Waals surface area contributed by atoms with E-state index in [1.54, 1.807) is 37.3 Å². The summed E-state index contributed by atoms with van der Waals surface area (Å²) in [4.78, 5) is 49.4. The largest absolute Gasteiger partial charge is 0.492 e. The standard InChI is InChI=1S/C21H21N3O6/c1-21(15-7-3-5-13(11-15)17(22)25)19(27)24(20(28)23-21)9-10-30-16-8-4-6-14(12-16)18(26)29-2/h3-8,11-12H,9-10H2,1-2H3,(H2,22,25)(H,23,28)/t21-/m0/s1. The van der Waals surface area contributed by atoms with Crippen molar-refractivity contribution in [2.75, 3.05) is 20.3 Å². The molecule has 2 aromatic rings. The number of ether oxygens (including phenoxy) is 2. The summed E-state index contributed by atoms with van der Waals surface area (Å²) in [6.45, 7) is 1.59. The van der Waals surface area contributed by atoms with Crippen molar-refractivity contribution in [3.05, 3.63) is 65.2 Å². The number of carbonyl (C=O) groups excluding carboxylic acids is 4. The second-order valence-electron chi connectivity index (χ2n) is 6.82. The lowest BCUT2D eigenvalue weighted by Gasteiger charge is -2.22.